The number of alkyl halides is 2. The van der Waals surface area contributed by atoms with Gasteiger partial charge in [-0.2, -0.15) is 5.10 Å². The Balaban J connectivity index is 1.31. The zero-order valence-corrected chi connectivity index (χ0v) is 27.9. The summed E-state index contributed by atoms with van der Waals surface area (Å²) in [7, 11) is 1.49. The number of hydrogen-bond acceptors (Lipinski definition) is 8. The molecular weight excluding hydrogens is 681 g/mol. The van der Waals surface area contributed by atoms with Gasteiger partial charge in [-0.3, -0.25) is 4.79 Å². The van der Waals surface area contributed by atoms with Crippen LogP contribution in [-0.2, 0) is 11.2 Å². The predicted octanol–water partition coefficient (Wildman–Crippen LogP) is 6.80. The Hall–Kier alpha value is -4.49. The van der Waals surface area contributed by atoms with Crippen LogP contribution in [0.25, 0.3) is 16.8 Å². The number of aromatic nitrogens is 3. The van der Waals surface area contributed by atoms with Gasteiger partial charge in [0.2, 0.25) is 5.88 Å². The lowest BCUT2D eigenvalue weighted by atomic mass is 9.86. The summed E-state index contributed by atoms with van der Waals surface area (Å²) in [4.78, 5) is 18.4. The Morgan fingerprint density at radius 3 is 2.47 bits per heavy atom. The second-order valence-electron chi connectivity index (χ2n) is 12.6. The maximum atomic E-state index is 13.9. The molecule has 3 N–H and O–H groups in total. The molecule has 1 amide bonds. The summed E-state index contributed by atoms with van der Waals surface area (Å²) in [6.07, 6.45) is -1.81. The Morgan fingerprint density at radius 2 is 1.80 bits per heavy atom. The van der Waals surface area contributed by atoms with Crippen molar-refractivity contribution in [1.82, 2.24) is 19.9 Å². The second kappa shape index (κ2) is 11.8. The van der Waals surface area contributed by atoms with Crippen LogP contribution in [0.15, 0.2) is 66.7 Å². The van der Waals surface area contributed by atoms with E-state index in [0.29, 0.717) is 22.9 Å². The second-order valence-corrected chi connectivity index (χ2v) is 13.3. The zero-order chi connectivity index (χ0) is 34.9. The van der Waals surface area contributed by atoms with Crippen LogP contribution >= 0.6 is 23.2 Å². The van der Waals surface area contributed by atoms with Gasteiger partial charge >= 0.3 is 6.29 Å². The van der Waals surface area contributed by atoms with E-state index >= 15 is 0 Å². The van der Waals surface area contributed by atoms with Crippen molar-refractivity contribution in [3.05, 3.63) is 105 Å². The first-order chi connectivity index (χ1) is 23.2. The first-order valence-corrected chi connectivity index (χ1v) is 16.1. The van der Waals surface area contributed by atoms with E-state index in [2.05, 4.69) is 24.9 Å². The molecule has 0 radical (unpaired) electrons. The number of methoxy groups -OCH3 is 1. The fourth-order valence-corrected chi connectivity index (χ4v) is 6.55. The van der Waals surface area contributed by atoms with Gasteiger partial charge in [0.15, 0.2) is 11.5 Å². The third-order valence-corrected chi connectivity index (χ3v) is 9.33. The lowest BCUT2D eigenvalue weighted by molar-refractivity contribution is -0.286. The first kappa shape index (κ1) is 33.0. The molecule has 5 aromatic rings. The Bertz CT molecular complexity index is 2120. The number of pyridine rings is 2. The molecule has 2 aliphatic rings. The van der Waals surface area contributed by atoms with Crippen molar-refractivity contribution >= 4 is 34.6 Å². The number of carbonyl (C=O) groups is 1. The maximum Gasteiger partial charge on any atom is 0.586 e. The Kier molecular flexibility index (Phi) is 7.98. The van der Waals surface area contributed by atoms with E-state index in [1.807, 2.05) is 6.07 Å². The van der Waals surface area contributed by atoms with Crippen LogP contribution in [0.4, 0.5) is 8.78 Å². The average Bonchev–Trinajstić information content (AvgIpc) is 3.74. The van der Waals surface area contributed by atoms with Gasteiger partial charge in [0.05, 0.1) is 51.9 Å². The zero-order valence-electron chi connectivity index (χ0n) is 26.4. The number of fused-ring (bicyclic) bond motifs is 2. The van der Waals surface area contributed by atoms with Crippen LogP contribution in [-0.4, -0.2) is 50.7 Å². The molecule has 1 fully saturated rings. The summed E-state index contributed by atoms with van der Waals surface area (Å²) < 4.78 is 44.2. The molecular formula is C35H30Cl2F2N4O6. The number of aliphatic hydroxyl groups is 2. The molecule has 10 nitrogen and oxygen atoms in total. The van der Waals surface area contributed by atoms with Crippen LogP contribution in [0, 0.1) is 0 Å². The van der Waals surface area contributed by atoms with E-state index in [4.69, 9.17) is 27.9 Å². The molecule has 0 unspecified atom stereocenters. The van der Waals surface area contributed by atoms with E-state index in [0.717, 1.165) is 18.5 Å². The molecule has 0 bridgehead atoms. The molecule has 0 spiro atoms. The molecule has 2 aromatic carbocycles. The van der Waals surface area contributed by atoms with E-state index in [1.165, 1.54) is 39.2 Å². The van der Waals surface area contributed by atoms with Gasteiger partial charge in [-0.1, -0.05) is 53.5 Å². The van der Waals surface area contributed by atoms with Gasteiger partial charge in [-0.15, -0.1) is 8.78 Å². The molecule has 0 saturated heterocycles. The SMILES string of the molecule is COc1cc(C(=O)NC[C@@](O)(c2ccccc2)c2cc(C(C)(C)O)c(Cl)c(-c3ccc4c(c3Cl)OC(F)(F)O4)n2)cc2cc(C3CC3)nn12. The fourth-order valence-electron chi connectivity index (χ4n) is 5.84. The largest absolute Gasteiger partial charge is 0.586 e. The fraction of sp³-hybridized carbons (Fsp3) is 0.286. The lowest BCUT2D eigenvalue weighted by Gasteiger charge is -2.31. The third kappa shape index (κ3) is 6.03. The molecule has 1 saturated carbocycles. The minimum absolute atomic E-state index is 0.0208. The van der Waals surface area contributed by atoms with Crippen molar-refractivity contribution in [1.29, 1.82) is 0 Å². The van der Waals surface area contributed by atoms with Crippen molar-refractivity contribution in [2.75, 3.05) is 13.7 Å². The summed E-state index contributed by atoms with van der Waals surface area (Å²) in [6, 6.07) is 17.7. The molecule has 49 heavy (non-hydrogen) atoms. The highest BCUT2D eigenvalue weighted by Crippen LogP contribution is 2.51. The summed E-state index contributed by atoms with van der Waals surface area (Å²) in [5, 5.41) is 30.8. The molecule has 1 aliphatic heterocycles. The number of carbonyl (C=O) groups excluding carboxylic acids is 1. The normalized spacial score (nSPS) is 16.4. The van der Waals surface area contributed by atoms with Gasteiger partial charge in [0.1, 0.15) is 5.60 Å². The van der Waals surface area contributed by atoms with E-state index in [1.54, 1.807) is 47.0 Å². The highest BCUT2D eigenvalue weighted by Gasteiger charge is 2.45. The van der Waals surface area contributed by atoms with Gasteiger partial charge < -0.3 is 29.7 Å². The van der Waals surface area contributed by atoms with Crippen molar-refractivity contribution in [2.45, 2.75) is 50.1 Å². The summed E-state index contributed by atoms with van der Waals surface area (Å²) in [5.74, 6) is -0.461. The number of halogens is 4. The molecule has 4 heterocycles. The molecule has 3 aromatic heterocycles. The van der Waals surface area contributed by atoms with Crippen molar-refractivity contribution in [2.24, 2.45) is 0 Å². The standard InChI is InChI=1S/C35H30Cl2F2N4O6/c1-33(2,45)23-16-26(41-30(29(23)37)22-11-12-25-31(28(22)36)49-35(38,39)48-25)34(46,20-7-5-4-6-8-20)17-40-32(44)19-13-21-15-24(18-9-10-18)42-43(21)27(14-19)47-3/h4-8,11-16,18,45-46H,9-10,17H2,1-3H3,(H,40,44)/t34-/m1/s1. The van der Waals surface area contributed by atoms with E-state index in [-0.39, 0.29) is 50.4 Å². The number of nitrogens with zero attached hydrogens (tertiary/aromatic N) is 3. The molecule has 14 heteroatoms. The van der Waals surface area contributed by atoms with Crippen LogP contribution in [0.3, 0.4) is 0 Å². The minimum atomic E-state index is -3.93. The first-order valence-electron chi connectivity index (χ1n) is 15.3. The van der Waals surface area contributed by atoms with Gasteiger partial charge in [-0.05, 0) is 62.6 Å². The quantitative estimate of drug-likeness (QED) is 0.152. The minimum Gasteiger partial charge on any atom is -0.481 e. The van der Waals surface area contributed by atoms with Gasteiger partial charge in [-0.25, -0.2) is 9.50 Å². The van der Waals surface area contributed by atoms with Crippen molar-refractivity contribution < 1.29 is 38.0 Å². The van der Waals surface area contributed by atoms with Crippen molar-refractivity contribution in [3.8, 4) is 28.6 Å². The molecule has 1 atom stereocenters. The summed E-state index contributed by atoms with van der Waals surface area (Å²) in [5.41, 5.74) is -1.17. The van der Waals surface area contributed by atoms with Crippen molar-refractivity contribution in [3.63, 3.8) is 0 Å². The lowest BCUT2D eigenvalue weighted by Crippen LogP contribution is -2.42. The topological polar surface area (TPSA) is 127 Å². The van der Waals surface area contributed by atoms with Crippen LogP contribution in [0.2, 0.25) is 10.0 Å². The Labute approximate surface area is 289 Å². The number of ether oxygens (including phenoxy) is 3. The number of amides is 1. The maximum absolute atomic E-state index is 13.9. The number of benzene rings is 2. The smallest absolute Gasteiger partial charge is 0.481 e. The highest BCUT2D eigenvalue weighted by atomic mass is 35.5. The van der Waals surface area contributed by atoms with Crippen LogP contribution < -0.4 is 19.5 Å². The summed E-state index contributed by atoms with van der Waals surface area (Å²) >= 11 is 13.4. The predicted molar refractivity (Wildman–Crippen MR) is 177 cm³/mol. The summed E-state index contributed by atoms with van der Waals surface area (Å²) in [6.45, 7) is 2.60. The molecule has 1 aliphatic carbocycles. The third-order valence-electron chi connectivity index (χ3n) is 8.58. The van der Waals surface area contributed by atoms with E-state index in [9.17, 15) is 23.8 Å². The van der Waals surface area contributed by atoms with Gasteiger partial charge in [0.25, 0.3) is 5.91 Å². The molecule has 7 rings (SSSR count). The number of hydrogen-bond donors (Lipinski definition) is 3. The number of rotatable bonds is 9. The van der Waals surface area contributed by atoms with Gasteiger partial charge in [0, 0.05) is 28.7 Å². The number of nitrogens with one attached hydrogen (secondary N) is 1. The highest BCUT2D eigenvalue weighted by molar-refractivity contribution is 6.37. The average molecular weight is 712 g/mol. The van der Waals surface area contributed by atoms with E-state index < -0.39 is 29.2 Å². The van der Waals surface area contributed by atoms with Crippen LogP contribution in [0.1, 0.15) is 65.5 Å². The monoisotopic (exact) mass is 710 g/mol. The van der Waals surface area contributed by atoms with Crippen LogP contribution in [0.5, 0.6) is 17.4 Å². The molecule has 254 valence electrons. The Morgan fingerprint density at radius 1 is 1.06 bits per heavy atom.